The van der Waals surface area contributed by atoms with Gasteiger partial charge in [0.05, 0.1) is 32.2 Å². The Bertz CT molecular complexity index is 830. The second-order valence-electron chi connectivity index (χ2n) is 9.71. The van der Waals surface area contributed by atoms with E-state index in [-0.39, 0.29) is 35.6 Å². The van der Waals surface area contributed by atoms with Gasteiger partial charge in [-0.1, -0.05) is 6.07 Å². The first-order valence-electron chi connectivity index (χ1n) is 11.6. The fraction of sp³-hybridized carbons (Fsp3) is 0.667. The zero-order valence-electron chi connectivity index (χ0n) is 19.3. The van der Waals surface area contributed by atoms with Crippen LogP contribution in [0.4, 0.5) is 4.79 Å². The number of amides is 2. The predicted octanol–water partition coefficient (Wildman–Crippen LogP) is 3.01. The molecule has 0 spiro atoms. The van der Waals surface area contributed by atoms with Crippen molar-refractivity contribution in [2.24, 2.45) is 17.8 Å². The largest absolute Gasteiger partial charge is 0.468 e. The first-order valence-corrected chi connectivity index (χ1v) is 12.8. The number of nitrogens with zero attached hydrogens (tertiary/aromatic N) is 2. The third-order valence-corrected chi connectivity index (χ3v) is 8.29. The molecule has 1 unspecified atom stereocenters. The summed E-state index contributed by atoms with van der Waals surface area (Å²) in [4.78, 5) is 44.0. The summed E-state index contributed by atoms with van der Waals surface area (Å²) in [6.07, 6.45) is 8.56. The van der Waals surface area contributed by atoms with Crippen LogP contribution in [-0.2, 0) is 25.6 Å². The quantitative estimate of drug-likeness (QED) is 0.548. The molecule has 0 saturated heterocycles. The number of thioether (sulfide) groups is 1. The van der Waals surface area contributed by atoms with Gasteiger partial charge in [-0.25, -0.2) is 9.59 Å². The molecule has 0 radical (unpaired) electrons. The Balaban J connectivity index is 1.54. The molecule has 4 aliphatic rings. The molecule has 1 aromatic rings. The van der Waals surface area contributed by atoms with Gasteiger partial charge in [0.25, 0.3) is 0 Å². The normalized spacial score (nSPS) is 28.1. The molecule has 4 saturated carbocycles. The topological polar surface area (TPSA) is 97.8 Å². The van der Waals surface area contributed by atoms with E-state index in [4.69, 9.17) is 9.47 Å². The van der Waals surface area contributed by atoms with Gasteiger partial charge in [-0.15, -0.1) is 11.8 Å². The van der Waals surface area contributed by atoms with Crippen LogP contribution in [0.15, 0.2) is 24.4 Å². The summed E-state index contributed by atoms with van der Waals surface area (Å²) in [6.45, 7) is 0.178. The molecule has 8 nitrogen and oxygen atoms in total. The van der Waals surface area contributed by atoms with Crippen LogP contribution < -0.4 is 5.32 Å². The van der Waals surface area contributed by atoms with E-state index in [0.29, 0.717) is 23.4 Å². The van der Waals surface area contributed by atoms with E-state index in [1.165, 1.54) is 50.1 Å². The van der Waals surface area contributed by atoms with Crippen LogP contribution in [0.3, 0.4) is 0 Å². The molecule has 4 aliphatic carbocycles. The van der Waals surface area contributed by atoms with E-state index in [9.17, 15) is 14.4 Å². The van der Waals surface area contributed by atoms with Crippen molar-refractivity contribution in [3.05, 3.63) is 30.1 Å². The molecule has 180 valence electrons. The zero-order chi connectivity index (χ0) is 23.4. The molecule has 0 aliphatic heterocycles. The Morgan fingerprint density at radius 2 is 1.79 bits per heavy atom. The lowest BCUT2D eigenvalue weighted by Crippen LogP contribution is -2.63. The summed E-state index contributed by atoms with van der Waals surface area (Å²) in [5.41, 5.74) is 0.499. The average molecular weight is 476 g/mol. The van der Waals surface area contributed by atoms with Gasteiger partial charge in [0, 0.05) is 17.5 Å². The summed E-state index contributed by atoms with van der Waals surface area (Å²) in [5, 5.41) is 3.37. The van der Waals surface area contributed by atoms with Crippen molar-refractivity contribution >= 4 is 29.7 Å². The van der Waals surface area contributed by atoms with Gasteiger partial charge in [0.15, 0.2) is 0 Å². The summed E-state index contributed by atoms with van der Waals surface area (Å²) in [7, 11) is 2.64. The van der Waals surface area contributed by atoms with Crippen molar-refractivity contribution < 1.29 is 23.9 Å². The first kappa shape index (κ1) is 23.9. The van der Waals surface area contributed by atoms with Crippen molar-refractivity contribution in [3.63, 3.8) is 0 Å². The standard InChI is InChI=1S/C24H33N3O5S/c1-31-21(28)15-33-14-20(22(29)32-2)27(13-19-5-3-4-6-25-19)23(30)26-24-10-16-7-17(11-24)9-18(8-16)12-24/h3-6,16-18,20H,7-15H2,1-2H3,(H,26,30). The van der Waals surface area contributed by atoms with Crippen molar-refractivity contribution in [2.75, 3.05) is 25.7 Å². The molecule has 1 heterocycles. The molecule has 2 amide bonds. The van der Waals surface area contributed by atoms with E-state index in [1.54, 1.807) is 6.20 Å². The lowest BCUT2D eigenvalue weighted by molar-refractivity contribution is -0.145. The lowest BCUT2D eigenvalue weighted by Gasteiger charge is -2.57. The van der Waals surface area contributed by atoms with Crippen LogP contribution in [0.1, 0.15) is 44.2 Å². The van der Waals surface area contributed by atoms with Gasteiger partial charge >= 0.3 is 18.0 Å². The predicted molar refractivity (Wildman–Crippen MR) is 124 cm³/mol. The van der Waals surface area contributed by atoms with E-state index < -0.39 is 12.0 Å². The maximum absolute atomic E-state index is 13.7. The highest BCUT2D eigenvalue weighted by Gasteiger charge is 2.52. The number of esters is 2. The molecule has 1 aromatic heterocycles. The minimum Gasteiger partial charge on any atom is -0.468 e. The molecular formula is C24H33N3O5S. The molecule has 4 bridgehead atoms. The van der Waals surface area contributed by atoms with Crippen LogP contribution in [0, 0.1) is 17.8 Å². The number of nitrogens with one attached hydrogen (secondary N) is 1. The number of rotatable bonds is 9. The highest BCUT2D eigenvalue weighted by atomic mass is 32.2. The SMILES string of the molecule is COC(=O)CSCC(C(=O)OC)N(Cc1ccccn1)C(=O)NC12CC3CC(CC(C3)C1)C2. The number of methoxy groups -OCH3 is 2. The summed E-state index contributed by atoms with van der Waals surface area (Å²) < 4.78 is 9.75. The lowest BCUT2D eigenvalue weighted by atomic mass is 9.53. The van der Waals surface area contributed by atoms with Crippen molar-refractivity contribution in [3.8, 4) is 0 Å². The monoisotopic (exact) mass is 475 g/mol. The van der Waals surface area contributed by atoms with E-state index >= 15 is 0 Å². The van der Waals surface area contributed by atoms with Crippen LogP contribution in [0.5, 0.6) is 0 Å². The van der Waals surface area contributed by atoms with E-state index in [1.807, 2.05) is 18.2 Å². The first-order chi connectivity index (χ1) is 15.9. The van der Waals surface area contributed by atoms with Gasteiger partial charge in [-0.3, -0.25) is 9.78 Å². The number of ether oxygens (including phenoxy) is 2. The van der Waals surface area contributed by atoms with Crippen molar-refractivity contribution in [1.29, 1.82) is 0 Å². The number of hydrogen-bond donors (Lipinski definition) is 1. The highest BCUT2D eigenvalue weighted by Crippen LogP contribution is 2.55. The van der Waals surface area contributed by atoms with Crippen molar-refractivity contribution in [1.82, 2.24) is 15.2 Å². The number of pyridine rings is 1. The number of hydrogen-bond acceptors (Lipinski definition) is 7. The van der Waals surface area contributed by atoms with Crippen LogP contribution >= 0.6 is 11.8 Å². The molecule has 33 heavy (non-hydrogen) atoms. The second-order valence-corrected chi connectivity index (χ2v) is 10.7. The fourth-order valence-corrected chi connectivity index (χ4v) is 7.23. The summed E-state index contributed by atoms with van der Waals surface area (Å²) in [5.74, 6) is 1.50. The van der Waals surface area contributed by atoms with Crippen LogP contribution in [0.2, 0.25) is 0 Å². The van der Waals surface area contributed by atoms with Gasteiger partial charge < -0.3 is 19.7 Å². The third kappa shape index (κ3) is 5.62. The fourth-order valence-electron chi connectivity index (χ4n) is 6.29. The minimum absolute atomic E-state index is 0.0953. The zero-order valence-corrected chi connectivity index (χ0v) is 20.1. The van der Waals surface area contributed by atoms with Gasteiger partial charge in [-0.2, -0.15) is 0 Å². The van der Waals surface area contributed by atoms with Gasteiger partial charge in [0.2, 0.25) is 0 Å². The Kier molecular flexibility index (Phi) is 7.46. The number of carbonyl (C=O) groups is 3. The molecule has 0 aromatic carbocycles. The molecule has 1 atom stereocenters. The maximum atomic E-state index is 13.7. The third-order valence-electron chi connectivity index (χ3n) is 7.30. The van der Waals surface area contributed by atoms with E-state index in [2.05, 4.69) is 10.3 Å². The van der Waals surface area contributed by atoms with Gasteiger partial charge in [0.1, 0.15) is 6.04 Å². The van der Waals surface area contributed by atoms with Crippen LogP contribution in [0.25, 0.3) is 0 Å². The molecule has 1 N–H and O–H groups in total. The minimum atomic E-state index is -0.847. The van der Waals surface area contributed by atoms with Crippen LogP contribution in [-0.4, -0.2) is 65.2 Å². The number of urea groups is 1. The second kappa shape index (κ2) is 10.3. The Morgan fingerprint density at radius 3 is 2.33 bits per heavy atom. The van der Waals surface area contributed by atoms with Gasteiger partial charge in [-0.05, 0) is 68.4 Å². The smallest absolute Gasteiger partial charge is 0.329 e. The number of carbonyl (C=O) groups excluding carboxylic acids is 3. The molecular weight excluding hydrogens is 442 g/mol. The maximum Gasteiger partial charge on any atom is 0.329 e. The van der Waals surface area contributed by atoms with Crippen molar-refractivity contribution in [2.45, 2.75) is 56.7 Å². The molecule has 5 rings (SSSR count). The van der Waals surface area contributed by atoms with E-state index in [0.717, 1.165) is 19.3 Å². The highest BCUT2D eigenvalue weighted by molar-refractivity contribution is 8.00. The molecule has 9 heteroatoms. The number of aromatic nitrogens is 1. The Labute approximate surface area is 199 Å². The summed E-state index contributed by atoms with van der Waals surface area (Å²) in [6, 6.07) is 4.39. The summed E-state index contributed by atoms with van der Waals surface area (Å²) >= 11 is 1.25. The molecule has 4 fully saturated rings. The average Bonchev–Trinajstić information content (AvgIpc) is 2.79. The Morgan fingerprint density at radius 1 is 1.12 bits per heavy atom. The Hall–Kier alpha value is -2.29.